The van der Waals surface area contributed by atoms with Crippen LogP contribution in [-0.2, 0) is 11.3 Å². The molecule has 2 N–H and O–H groups in total. The van der Waals surface area contributed by atoms with Crippen LogP contribution in [0.1, 0.15) is 33.1 Å². The summed E-state index contributed by atoms with van der Waals surface area (Å²) < 4.78 is 1.18. The van der Waals surface area contributed by atoms with E-state index in [0.29, 0.717) is 23.7 Å². The number of likely N-dealkylation sites (N-methyl/N-ethyl adjacent to an activating group) is 1. The van der Waals surface area contributed by atoms with E-state index < -0.39 is 0 Å². The number of pyridine rings is 1. The molecule has 0 saturated heterocycles. The van der Waals surface area contributed by atoms with Crippen LogP contribution in [0.25, 0.3) is 11.3 Å². The maximum atomic E-state index is 11.9. The summed E-state index contributed by atoms with van der Waals surface area (Å²) in [5.74, 6) is 1.41. The molecule has 3 unspecified atom stereocenters. The maximum absolute atomic E-state index is 11.9. The van der Waals surface area contributed by atoms with Crippen LogP contribution in [0.3, 0.4) is 0 Å². The number of hydrogen-bond donors (Lipinski definition) is 2. The summed E-state index contributed by atoms with van der Waals surface area (Å²) in [5.41, 5.74) is 1.68. The fourth-order valence-corrected chi connectivity index (χ4v) is 4.31. The van der Waals surface area contributed by atoms with Crippen LogP contribution >= 0.6 is 0 Å². The third kappa shape index (κ3) is 3.34. The zero-order valence-electron chi connectivity index (χ0n) is 15.7. The van der Waals surface area contributed by atoms with Gasteiger partial charge in [-0.1, -0.05) is 6.92 Å². The van der Waals surface area contributed by atoms with Gasteiger partial charge in [0.1, 0.15) is 12.4 Å². The second-order valence-corrected chi connectivity index (χ2v) is 7.85. The minimum absolute atomic E-state index is 0.0879. The van der Waals surface area contributed by atoms with Gasteiger partial charge in [-0.05, 0) is 55.7 Å². The van der Waals surface area contributed by atoms with Crippen LogP contribution in [0, 0.1) is 11.3 Å². The molecule has 2 aromatic rings. The van der Waals surface area contributed by atoms with E-state index >= 15 is 0 Å². The third-order valence-electron chi connectivity index (χ3n) is 6.02. The van der Waals surface area contributed by atoms with Gasteiger partial charge in [0.25, 0.3) is 5.56 Å². The van der Waals surface area contributed by atoms with E-state index in [4.69, 9.17) is 0 Å². The molecule has 27 heavy (non-hydrogen) atoms. The number of anilines is 1. The first-order valence-corrected chi connectivity index (χ1v) is 9.56. The Labute approximate surface area is 158 Å². The first-order chi connectivity index (χ1) is 13.0. The maximum Gasteiger partial charge on any atom is 0.267 e. The lowest BCUT2D eigenvalue weighted by molar-refractivity contribution is -0.121. The van der Waals surface area contributed by atoms with E-state index in [2.05, 4.69) is 27.6 Å². The van der Waals surface area contributed by atoms with Gasteiger partial charge >= 0.3 is 0 Å². The molecule has 142 valence electrons. The highest BCUT2D eigenvalue weighted by Crippen LogP contribution is 2.61. The van der Waals surface area contributed by atoms with Crippen LogP contribution in [0.15, 0.2) is 35.3 Å². The molecular weight excluding hydrogens is 342 g/mol. The number of hydrogen-bond acceptors (Lipinski definition) is 5. The van der Waals surface area contributed by atoms with Crippen LogP contribution < -0.4 is 16.2 Å². The number of amides is 1. The Kier molecular flexibility index (Phi) is 4.45. The average Bonchev–Trinajstić information content (AvgIpc) is 2.64. The molecular formula is C20H25N5O2. The fraction of sp³-hybridized carbons (Fsp3) is 0.500. The van der Waals surface area contributed by atoms with E-state index in [1.54, 1.807) is 12.3 Å². The van der Waals surface area contributed by atoms with Gasteiger partial charge in [0.05, 0.1) is 5.69 Å². The van der Waals surface area contributed by atoms with E-state index in [9.17, 15) is 9.59 Å². The summed E-state index contributed by atoms with van der Waals surface area (Å²) >= 11 is 0. The number of nitrogens with one attached hydrogen (secondary N) is 2. The number of fused-ring (bicyclic) bond motifs is 1. The van der Waals surface area contributed by atoms with Crippen molar-refractivity contribution in [2.75, 3.05) is 11.9 Å². The molecule has 7 nitrogen and oxygen atoms in total. The molecule has 3 atom stereocenters. The smallest absolute Gasteiger partial charge is 0.267 e. The Morgan fingerprint density at radius 2 is 2.19 bits per heavy atom. The van der Waals surface area contributed by atoms with Crippen molar-refractivity contribution in [3.63, 3.8) is 0 Å². The van der Waals surface area contributed by atoms with E-state index in [0.717, 1.165) is 17.3 Å². The van der Waals surface area contributed by atoms with Crippen molar-refractivity contribution in [2.24, 2.45) is 11.3 Å². The molecule has 2 saturated carbocycles. The predicted octanol–water partition coefficient (Wildman–Crippen LogP) is 2.04. The van der Waals surface area contributed by atoms with Crippen LogP contribution in [0.2, 0.25) is 0 Å². The van der Waals surface area contributed by atoms with Gasteiger partial charge in [-0.3, -0.25) is 9.59 Å². The SMILES string of the molecule is CCNC(=O)Cn1nc(-c2ccc(NC3CC4(C)CCC34)nc2)ccc1=O. The zero-order chi connectivity index (χ0) is 19.0. The van der Waals surface area contributed by atoms with Crippen molar-refractivity contribution in [2.45, 2.75) is 45.7 Å². The molecule has 1 amide bonds. The highest BCUT2D eigenvalue weighted by Gasteiger charge is 2.56. The Balaban J connectivity index is 1.45. The van der Waals surface area contributed by atoms with Crippen LogP contribution in [-0.4, -0.2) is 33.3 Å². The van der Waals surface area contributed by atoms with Gasteiger partial charge in [-0.2, -0.15) is 5.10 Å². The second-order valence-electron chi connectivity index (χ2n) is 7.85. The van der Waals surface area contributed by atoms with Crippen molar-refractivity contribution in [1.82, 2.24) is 20.1 Å². The highest BCUT2D eigenvalue weighted by molar-refractivity contribution is 5.75. The summed E-state index contributed by atoms with van der Waals surface area (Å²) in [6.07, 6.45) is 5.63. The molecule has 0 spiro atoms. The lowest BCUT2D eigenvalue weighted by Crippen LogP contribution is -2.59. The Morgan fingerprint density at radius 3 is 2.78 bits per heavy atom. The largest absolute Gasteiger partial charge is 0.367 e. The summed E-state index contributed by atoms with van der Waals surface area (Å²) in [4.78, 5) is 28.2. The van der Waals surface area contributed by atoms with Crippen molar-refractivity contribution in [1.29, 1.82) is 0 Å². The number of carbonyl (C=O) groups is 1. The third-order valence-corrected chi connectivity index (χ3v) is 6.02. The highest BCUT2D eigenvalue weighted by atomic mass is 16.2. The van der Waals surface area contributed by atoms with Gasteiger partial charge in [-0.15, -0.1) is 0 Å². The normalized spacial score (nSPS) is 25.7. The van der Waals surface area contributed by atoms with Gasteiger partial charge in [0.15, 0.2) is 0 Å². The lowest BCUT2D eigenvalue weighted by Gasteiger charge is -2.62. The van der Waals surface area contributed by atoms with E-state index in [1.165, 1.54) is 30.0 Å². The molecule has 7 heteroatoms. The topological polar surface area (TPSA) is 88.9 Å². The Bertz CT molecular complexity index is 907. The fourth-order valence-electron chi connectivity index (χ4n) is 4.31. The molecule has 0 aliphatic heterocycles. The van der Waals surface area contributed by atoms with E-state index in [1.807, 2.05) is 19.1 Å². The quantitative estimate of drug-likeness (QED) is 0.816. The zero-order valence-corrected chi connectivity index (χ0v) is 15.7. The molecule has 0 radical (unpaired) electrons. The molecule has 2 aliphatic rings. The van der Waals surface area contributed by atoms with Crippen molar-refractivity contribution < 1.29 is 4.79 Å². The number of nitrogens with zero attached hydrogens (tertiary/aromatic N) is 3. The predicted molar refractivity (Wildman–Crippen MR) is 103 cm³/mol. The summed E-state index contributed by atoms with van der Waals surface area (Å²) in [5, 5.41) is 10.5. The van der Waals surface area contributed by atoms with Crippen molar-refractivity contribution in [3.8, 4) is 11.3 Å². The monoisotopic (exact) mass is 367 g/mol. The Morgan fingerprint density at radius 1 is 1.33 bits per heavy atom. The standard InChI is InChI=1S/C20H25N5O2/c1-3-21-18(26)12-25-19(27)7-5-15(24-25)13-4-6-17(22-11-13)23-16-10-20(2)9-8-14(16)20/h4-7,11,14,16H,3,8-10,12H2,1-2H3,(H,21,26)(H,22,23). The summed E-state index contributed by atoms with van der Waals surface area (Å²) in [7, 11) is 0. The van der Waals surface area contributed by atoms with Gasteiger partial charge < -0.3 is 10.6 Å². The Hall–Kier alpha value is -2.70. The number of carbonyl (C=O) groups excluding carboxylic acids is 1. The van der Waals surface area contributed by atoms with Gasteiger partial charge in [0.2, 0.25) is 5.91 Å². The molecule has 2 heterocycles. The van der Waals surface area contributed by atoms with E-state index in [-0.39, 0.29) is 18.0 Å². The number of aromatic nitrogens is 3. The summed E-state index contributed by atoms with van der Waals surface area (Å²) in [6, 6.07) is 7.51. The van der Waals surface area contributed by atoms with Gasteiger partial charge in [-0.25, -0.2) is 9.67 Å². The molecule has 2 aliphatic carbocycles. The molecule has 2 aromatic heterocycles. The van der Waals surface area contributed by atoms with Crippen LogP contribution in [0.5, 0.6) is 0 Å². The first kappa shape index (κ1) is 17.7. The lowest BCUT2D eigenvalue weighted by atomic mass is 9.46. The van der Waals surface area contributed by atoms with Crippen molar-refractivity contribution in [3.05, 3.63) is 40.8 Å². The second kappa shape index (κ2) is 6.79. The number of rotatable bonds is 6. The molecule has 0 aromatic carbocycles. The minimum atomic E-state index is -0.301. The molecule has 0 bridgehead atoms. The molecule has 4 rings (SSSR count). The van der Waals surface area contributed by atoms with Gasteiger partial charge in [0, 0.05) is 30.4 Å². The minimum Gasteiger partial charge on any atom is -0.367 e. The first-order valence-electron chi connectivity index (χ1n) is 9.56. The molecule has 2 fully saturated rings. The van der Waals surface area contributed by atoms with Crippen molar-refractivity contribution >= 4 is 11.7 Å². The summed E-state index contributed by atoms with van der Waals surface area (Å²) in [6.45, 7) is 4.64. The average molecular weight is 367 g/mol. The van der Waals surface area contributed by atoms with Crippen LogP contribution in [0.4, 0.5) is 5.82 Å².